The highest BCUT2D eigenvalue weighted by Gasteiger charge is 2.42. The van der Waals surface area contributed by atoms with Crippen LogP contribution in [0.25, 0.3) is 11.0 Å². The van der Waals surface area contributed by atoms with Gasteiger partial charge in [0.15, 0.2) is 5.65 Å². The summed E-state index contributed by atoms with van der Waals surface area (Å²) in [5.41, 5.74) is 1.18. The Labute approximate surface area is 124 Å². The van der Waals surface area contributed by atoms with E-state index in [2.05, 4.69) is 21.8 Å². The summed E-state index contributed by atoms with van der Waals surface area (Å²) in [5.74, 6) is 0.762. The summed E-state index contributed by atoms with van der Waals surface area (Å²) in [6.45, 7) is 2.19. The van der Waals surface area contributed by atoms with Gasteiger partial charge >= 0.3 is 0 Å². The Morgan fingerprint density at radius 1 is 1.24 bits per heavy atom. The maximum Gasteiger partial charge on any atom is 0.273 e. The van der Waals surface area contributed by atoms with E-state index in [1.807, 2.05) is 24.3 Å². The molecule has 1 atom stereocenters. The number of amides is 1. The highest BCUT2D eigenvalue weighted by atomic mass is 16.2. The van der Waals surface area contributed by atoms with Crippen molar-refractivity contribution in [2.24, 2.45) is 5.92 Å². The number of fused-ring (bicyclic) bond motifs is 1. The lowest BCUT2D eigenvalue weighted by Crippen LogP contribution is -2.42. The molecule has 2 aromatic rings. The molecular formula is C17H19N3O. The van der Waals surface area contributed by atoms with Crippen LogP contribution in [0.4, 0.5) is 0 Å². The van der Waals surface area contributed by atoms with Crippen LogP contribution in [0.5, 0.6) is 0 Å². The summed E-state index contributed by atoms with van der Waals surface area (Å²) in [6.07, 6.45) is 6.49. The molecule has 2 aromatic heterocycles. The van der Waals surface area contributed by atoms with Gasteiger partial charge < -0.3 is 4.90 Å². The predicted molar refractivity (Wildman–Crippen MR) is 80.9 cm³/mol. The third kappa shape index (κ3) is 2.39. The van der Waals surface area contributed by atoms with Crippen LogP contribution in [-0.4, -0.2) is 32.9 Å². The van der Waals surface area contributed by atoms with E-state index in [1.54, 1.807) is 6.20 Å². The smallest absolute Gasteiger partial charge is 0.273 e. The molecule has 4 heteroatoms. The normalized spacial score (nSPS) is 19.5. The van der Waals surface area contributed by atoms with Gasteiger partial charge in [0.2, 0.25) is 0 Å². The van der Waals surface area contributed by atoms with Crippen LogP contribution in [0.15, 0.2) is 30.5 Å². The van der Waals surface area contributed by atoms with E-state index in [0.29, 0.717) is 29.3 Å². The molecular weight excluding hydrogens is 262 g/mol. The fourth-order valence-electron chi connectivity index (χ4n) is 3.05. The number of nitrogens with zero attached hydrogens (tertiary/aromatic N) is 3. The van der Waals surface area contributed by atoms with Crippen molar-refractivity contribution in [3.05, 3.63) is 36.2 Å². The van der Waals surface area contributed by atoms with Crippen LogP contribution < -0.4 is 0 Å². The molecule has 0 aromatic carbocycles. The Balaban J connectivity index is 1.66. The molecule has 2 saturated carbocycles. The van der Waals surface area contributed by atoms with Crippen molar-refractivity contribution in [1.82, 2.24) is 14.9 Å². The number of carbonyl (C=O) groups excluding carboxylic acids is 1. The van der Waals surface area contributed by atoms with Gasteiger partial charge in [0.05, 0.1) is 0 Å². The Bertz CT molecular complexity index is 691. The van der Waals surface area contributed by atoms with Crippen molar-refractivity contribution in [3.8, 4) is 0 Å². The van der Waals surface area contributed by atoms with Gasteiger partial charge in [-0.15, -0.1) is 0 Å². The summed E-state index contributed by atoms with van der Waals surface area (Å²) >= 11 is 0. The molecule has 2 heterocycles. The minimum absolute atomic E-state index is 0.0736. The molecule has 0 radical (unpaired) electrons. The summed E-state index contributed by atoms with van der Waals surface area (Å²) in [6, 6.07) is 8.39. The quantitative estimate of drug-likeness (QED) is 0.865. The number of pyridine rings is 2. The lowest BCUT2D eigenvalue weighted by molar-refractivity contribution is 0.0648. The molecule has 0 bridgehead atoms. The molecule has 0 spiro atoms. The van der Waals surface area contributed by atoms with Crippen molar-refractivity contribution >= 4 is 16.9 Å². The van der Waals surface area contributed by atoms with Crippen LogP contribution in [0.1, 0.15) is 43.1 Å². The second-order valence-electron chi connectivity index (χ2n) is 6.27. The molecule has 108 valence electrons. The second-order valence-corrected chi connectivity index (χ2v) is 6.27. The largest absolute Gasteiger partial charge is 0.331 e. The average molecular weight is 281 g/mol. The Morgan fingerprint density at radius 3 is 2.76 bits per heavy atom. The number of carbonyl (C=O) groups is 1. The van der Waals surface area contributed by atoms with Crippen molar-refractivity contribution < 1.29 is 4.79 Å². The fraction of sp³-hybridized carbons (Fsp3) is 0.471. The lowest BCUT2D eigenvalue weighted by Gasteiger charge is -2.29. The first-order valence-electron chi connectivity index (χ1n) is 7.78. The highest BCUT2D eigenvalue weighted by molar-refractivity contribution is 5.95. The van der Waals surface area contributed by atoms with E-state index in [4.69, 9.17) is 0 Å². The Hall–Kier alpha value is -1.97. The first-order chi connectivity index (χ1) is 10.2. The number of hydrogen-bond acceptors (Lipinski definition) is 3. The topological polar surface area (TPSA) is 46.1 Å². The third-order valence-corrected chi connectivity index (χ3v) is 4.60. The molecule has 2 fully saturated rings. The van der Waals surface area contributed by atoms with E-state index in [0.717, 1.165) is 18.2 Å². The molecule has 0 saturated heterocycles. The van der Waals surface area contributed by atoms with Crippen molar-refractivity contribution in [3.63, 3.8) is 0 Å². The zero-order valence-electron chi connectivity index (χ0n) is 12.2. The highest BCUT2D eigenvalue weighted by Crippen LogP contribution is 2.40. The molecule has 2 aliphatic rings. The minimum atomic E-state index is 0.0736. The van der Waals surface area contributed by atoms with Gasteiger partial charge in [0, 0.05) is 23.7 Å². The van der Waals surface area contributed by atoms with Gasteiger partial charge in [0.1, 0.15) is 5.69 Å². The van der Waals surface area contributed by atoms with Crippen LogP contribution in [0, 0.1) is 5.92 Å². The monoisotopic (exact) mass is 281 g/mol. The van der Waals surface area contributed by atoms with E-state index in [9.17, 15) is 4.79 Å². The van der Waals surface area contributed by atoms with Crippen molar-refractivity contribution in [2.75, 3.05) is 0 Å². The minimum Gasteiger partial charge on any atom is -0.331 e. The zero-order chi connectivity index (χ0) is 14.4. The molecule has 4 rings (SSSR count). The maximum absolute atomic E-state index is 12.9. The van der Waals surface area contributed by atoms with E-state index >= 15 is 0 Å². The second kappa shape index (κ2) is 4.79. The molecule has 4 nitrogen and oxygen atoms in total. The molecule has 1 unspecified atom stereocenters. The van der Waals surface area contributed by atoms with E-state index in [-0.39, 0.29) is 5.91 Å². The number of aromatic nitrogens is 2. The third-order valence-electron chi connectivity index (χ3n) is 4.60. The SMILES string of the molecule is CC(C1CC1)N(C(=O)c1ccc2cccnc2n1)C1CC1. The van der Waals surface area contributed by atoms with Gasteiger partial charge in [-0.2, -0.15) is 0 Å². The van der Waals surface area contributed by atoms with E-state index in [1.165, 1.54) is 12.8 Å². The van der Waals surface area contributed by atoms with Crippen molar-refractivity contribution in [1.29, 1.82) is 0 Å². The lowest BCUT2D eigenvalue weighted by atomic mass is 10.1. The van der Waals surface area contributed by atoms with E-state index < -0.39 is 0 Å². The maximum atomic E-state index is 12.9. The molecule has 2 aliphatic carbocycles. The Morgan fingerprint density at radius 2 is 2.05 bits per heavy atom. The molecule has 21 heavy (non-hydrogen) atoms. The summed E-state index contributed by atoms with van der Waals surface area (Å²) < 4.78 is 0. The van der Waals surface area contributed by atoms with Gasteiger partial charge in [-0.25, -0.2) is 9.97 Å². The van der Waals surface area contributed by atoms with Gasteiger partial charge in [-0.1, -0.05) is 0 Å². The summed E-state index contributed by atoms with van der Waals surface area (Å²) in [4.78, 5) is 23.7. The van der Waals surface area contributed by atoms with Crippen molar-refractivity contribution in [2.45, 2.75) is 44.7 Å². The number of rotatable bonds is 4. The fourth-order valence-corrected chi connectivity index (χ4v) is 3.05. The van der Waals surface area contributed by atoms with Crippen LogP contribution in [-0.2, 0) is 0 Å². The van der Waals surface area contributed by atoms with Crippen LogP contribution in [0.3, 0.4) is 0 Å². The first-order valence-corrected chi connectivity index (χ1v) is 7.78. The first kappa shape index (κ1) is 12.7. The van der Waals surface area contributed by atoms with Crippen LogP contribution in [0.2, 0.25) is 0 Å². The standard InChI is InChI=1S/C17H19N3O/c1-11(12-4-5-12)20(14-7-8-14)17(21)15-9-6-13-3-2-10-18-16(13)19-15/h2-3,6,9-12,14H,4-5,7-8H2,1H3. The molecule has 1 amide bonds. The van der Waals surface area contributed by atoms with Gasteiger partial charge in [0.25, 0.3) is 5.91 Å². The van der Waals surface area contributed by atoms with Gasteiger partial charge in [-0.05, 0) is 62.8 Å². The summed E-state index contributed by atoms with van der Waals surface area (Å²) in [5, 5.41) is 0.974. The summed E-state index contributed by atoms with van der Waals surface area (Å²) in [7, 11) is 0. The average Bonchev–Trinajstić information content (AvgIpc) is 3.39. The molecule has 0 aliphatic heterocycles. The Kier molecular flexibility index (Phi) is 2.91. The zero-order valence-corrected chi connectivity index (χ0v) is 12.2. The van der Waals surface area contributed by atoms with Crippen LogP contribution >= 0.6 is 0 Å². The molecule has 0 N–H and O–H groups in total. The van der Waals surface area contributed by atoms with Gasteiger partial charge in [-0.3, -0.25) is 4.79 Å². The predicted octanol–water partition coefficient (Wildman–Crippen LogP) is 3.03. The number of hydrogen-bond donors (Lipinski definition) is 0.